The zero-order valence-electron chi connectivity index (χ0n) is 14.7. The maximum absolute atomic E-state index is 12.6. The molecule has 0 aromatic carbocycles. The third-order valence-electron chi connectivity index (χ3n) is 4.51. The van der Waals surface area contributed by atoms with Crippen LogP contribution in [0.5, 0.6) is 0 Å². The fourth-order valence-electron chi connectivity index (χ4n) is 3.28. The van der Waals surface area contributed by atoms with E-state index >= 15 is 0 Å². The Kier molecular flexibility index (Phi) is 5.43. The lowest BCUT2D eigenvalue weighted by Crippen LogP contribution is -2.33. The SMILES string of the molecule is CC.O=C(NC1=CC=CCC=C1)C1CCc2c(cnc3[nH]ncc23)C1.[HH].[HH]. The third kappa shape index (κ3) is 3.71. The Balaban J connectivity index is 0.000000883. The summed E-state index contributed by atoms with van der Waals surface area (Å²) >= 11 is 0. The summed E-state index contributed by atoms with van der Waals surface area (Å²) < 4.78 is 0. The van der Waals surface area contributed by atoms with Gasteiger partial charge in [0.25, 0.3) is 0 Å². The van der Waals surface area contributed by atoms with E-state index < -0.39 is 0 Å². The van der Waals surface area contributed by atoms with Crippen LogP contribution in [0.15, 0.2) is 48.5 Å². The van der Waals surface area contributed by atoms with E-state index in [1.54, 1.807) is 0 Å². The van der Waals surface area contributed by atoms with Gasteiger partial charge >= 0.3 is 0 Å². The summed E-state index contributed by atoms with van der Waals surface area (Å²) in [4.78, 5) is 16.9. The lowest BCUT2D eigenvalue weighted by Gasteiger charge is -2.24. The average Bonchev–Trinajstić information content (AvgIpc) is 3.00. The molecule has 1 atom stereocenters. The number of aromatic nitrogens is 3. The summed E-state index contributed by atoms with van der Waals surface area (Å²) in [5.41, 5.74) is 4.13. The van der Waals surface area contributed by atoms with E-state index in [-0.39, 0.29) is 14.7 Å². The van der Waals surface area contributed by atoms with Crippen LogP contribution in [0.25, 0.3) is 11.0 Å². The molecule has 134 valence electrons. The van der Waals surface area contributed by atoms with Crippen LogP contribution in [-0.2, 0) is 17.6 Å². The number of pyridine rings is 1. The topological polar surface area (TPSA) is 70.7 Å². The average molecular weight is 340 g/mol. The van der Waals surface area contributed by atoms with Crippen molar-refractivity contribution < 1.29 is 7.65 Å². The van der Waals surface area contributed by atoms with Crippen LogP contribution in [0.4, 0.5) is 0 Å². The Hall–Kier alpha value is -2.69. The molecular formula is C20H28N4O. The number of hydrogen-bond acceptors (Lipinski definition) is 3. The van der Waals surface area contributed by atoms with Gasteiger partial charge in [-0.15, -0.1) is 0 Å². The molecule has 2 N–H and O–H groups in total. The van der Waals surface area contributed by atoms with Crippen molar-refractivity contribution in [2.24, 2.45) is 5.92 Å². The largest absolute Gasteiger partial charge is 0.326 e. The van der Waals surface area contributed by atoms with Crippen molar-refractivity contribution in [1.82, 2.24) is 20.5 Å². The van der Waals surface area contributed by atoms with Crippen LogP contribution >= 0.6 is 0 Å². The molecule has 2 aromatic rings. The quantitative estimate of drug-likeness (QED) is 0.865. The first-order valence-electron chi connectivity index (χ1n) is 8.95. The standard InChI is InChI=1S/C18H18N4O.C2H6.2H2/c23-18(21-14-5-3-1-2-4-6-14)12-7-8-15-13(9-12)10-19-17-16(15)11-20-22-17;1-2;;/h1,3-6,10-12H,2,7-9H2,(H,21,23)(H,19,20,22);1-2H3;2*1H. The molecular weight excluding hydrogens is 312 g/mol. The number of rotatable bonds is 2. The van der Waals surface area contributed by atoms with Gasteiger partial charge in [0.1, 0.15) is 0 Å². The molecule has 4 rings (SSSR count). The van der Waals surface area contributed by atoms with Crippen molar-refractivity contribution in [1.29, 1.82) is 0 Å². The maximum atomic E-state index is 12.6. The first-order valence-corrected chi connectivity index (χ1v) is 8.95. The second-order valence-corrected chi connectivity index (χ2v) is 6.01. The van der Waals surface area contributed by atoms with Crippen LogP contribution in [0.3, 0.4) is 0 Å². The molecule has 5 nitrogen and oxygen atoms in total. The molecule has 1 unspecified atom stereocenters. The molecule has 0 fully saturated rings. The van der Waals surface area contributed by atoms with Crippen molar-refractivity contribution in [2.75, 3.05) is 0 Å². The van der Waals surface area contributed by atoms with E-state index in [0.29, 0.717) is 0 Å². The monoisotopic (exact) mass is 340 g/mol. The highest BCUT2D eigenvalue weighted by atomic mass is 16.1. The van der Waals surface area contributed by atoms with E-state index in [4.69, 9.17) is 0 Å². The lowest BCUT2D eigenvalue weighted by molar-refractivity contribution is -0.124. The van der Waals surface area contributed by atoms with Crippen molar-refractivity contribution in [3.63, 3.8) is 0 Å². The predicted octanol–water partition coefficient (Wildman–Crippen LogP) is 4.10. The van der Waals surface area contributed by atoms with Gasteiger partial charge in [-0.1, -0.05) is 32.1 Å². The number of allylic oxidation sites excluding steroid dienone is 5. The molecule has 1 amide bonds. The van der Waals surface area contributed by atoms with Gasteiger partial charge in [-0.05, 0) is 49.0 Å². The normalized spacial score (nSPS) is 18.6. The van der Waals surface area contributed by atoms with Gasteiger partial charge in [-0.2, -0.15) is 5.10 Å². The van der Waals surface area contributed by atoms with Gasteiger partial charge in [0, 0.05) is 26.1 Å². The first kappa shape index (κ1) is 17.1. The molecule has 0 saturated carbocycles. The number of fused-ring (bicyclic) bond motifs is 3. The molecule has 5 heteroatoms. The fourth-order valence-corrected chi connectivity index (χ4v) is 3.28. The van der Waals surface area contributed by atoms with Crippen molar-refractivity contribution in [2.45, 2.75) is 39.5 Å². The van der Waals surface area contributed by atoms with E-state index in [2.05, 4.69) is 26.6 Å². The van der Waals surface area contributed by atoms with Gasteiger partial charge in [-0.25, -0.2) is 4.98 Å². The molecule has 0 radical (unpaired) electrons. The number of hydrogen-bond donors (Lipinski definition) is 2. The van der Waals surface area contributed by atoms with Crippen LogP contribution in [0, 0.1) is 5.92 Å². The Morgan fingerprint density at radius 2 is 2.20 bits per heavy atom. The maximum Gasteiger partial charge on any atom is 0.227 e. The number of nitrogens with one attached hydrogen (secondary N) is 2. The summed E-state index contributed by atoms with van der Waals surface area (Å²) in [7, 11) is 0. The highest BCUT2D eigenvalue weighted by Crippen LogP contribution is 2.29. The molecule has 0 saturated heterocycles. The van der Waals surface area contributed by atoms with E-state index in [1.165, 1.54) is 5.56 Å². The summed E-state index contributed by atoms with van der Waals surface area (Å²) in [5.74, 6) is 0.0873. The number of nitrogens with zero attached hydrogens (tertiary/aromatic N) is 2. The number of carbonyl (C=O) groups excluding carboxylic acids is 1. The fraction of sp³-hybridized carbons (Fsp3) is 0.350. The summed E-state index contributed by atoms with van der Waals surface area (Å²) in [5, 5.41) is 11.1. The van der Waals surface area contributed by atoms with Crippen LogP contribution < -0.4 is 5.32 Å². The number of carbonyl (C=O) groups is 1. The highest BCUT2D eigenvalue weighted by molar-refractivity contribution is 5.83. The van der Waals surface area contributed by atoms with Gasteiger partial charge in [0.2, 0.25) is 5.91 Å². The number of H-pyrrole nitrogens is 1. The minimum Gasteiger partial charge on any atom is -0.326 e. The van der Waals surface area contributed by atoms with Crippen LogP contribution in [0.2, 0.25) is 0 Å². The highest BCUT2D eigenvalue weighted by Gasteiger charge is 2.26. The molecule has 2 aliphatic carbocycles. The summed E-state index contributed by atoms with van der Waals surface area (Å²) in [6, 6.07) is 0. The first-order chi connectivity index (χ1) is 12.3. The van der Waals surface area contributed by atoms with E-state index in [9.17, 15) is 4.79 Å². The molecule has 25 heavy (non-hydrogen) atoms. The van der Waals surface area contributed by atoms with Crippen LogP contribution in [-0.4, -0.2) is 21.1 Å². The third-order valence-corrected chi connectivity index (χ3v) is 4.51. The summed E-state index contributed by atoms with van der Waals surface area (Å²) in [6.45, 7) is 4.00. The molecule has 2 heterocycles. The molecule has 2 aromatic heterocycles. The van der Waals surface area contributed by atoms with Crippen molar-refractivity contribution in [3.05, 3.63) is 59.6 Å². The van der Waals surface area contributed by atoms with E-state index in [1.807, 2.05) is 50.5 Å². The minimum atomic E-state index is -0.00446. The van der Waals surface area contributed by atoms with Gasteiger partial charge in [-0.3, -0.25) is 9.89 Å². The summed E-state index contributed by atoms with van der Waals surface area (Å²) in [6.07, 6.45) is 17.1. The van der Waals surface area contributed by atoms with Crippen LogP contribution in [0.1, 0.15) is 40.7 Å². The van der Waals surface area contributed by atoms with E-state index in [0.717, 1.165) is 48.0 Å². The Morgan fingerprint density at radius 3 is 3.08 bits per heavy atom. The Labute approximate surface area is 150 Å². The predicted molar refractivity (Wildman–Crippen MR) is 104 cm³/mol. The molecule has 0 bridgehead atoms. The Bertz CT molecular complexity index is 855. The zero-order chi connectivity index (χ0) is 17.6. The number of aromatic amines is 1. The molecule has 0 aliphatic heterocycles. The molecule has 2 aliphatic rings. The van der Waals surface area contributed by atoms with Crippen molar-refractivity contribution >= 4 is 16.9 Å². The number of amides is 1. The van der Waals surface area contributed by atoms with Gasteiger partial charge in [0.05, 0.1) is 6.20 Å². The number of aryl methyl sites for hydroxylation is 1. The lowest BCUT2D eigenvalue weighted by atomic mass is 9.83. The second kappa shape index (κ2) is 7.92. The van der Waals surface area contributed by atoms with Crippen molar-refractivity contribution in [3.8, 4) is 0 Å². The smallest absolute Gasteiger partial charge is 0.227 e. The molecule has 0 spiro atoms. The second-order valence-electron chi connectivity index (χ2n) is 6.01. The Morgan fingerprint density at radius 1 is 1.32 bits per heavy atom. The van der Waals surface area contributed by atoms with Gasteiger partial charge in [0.15, 0.2) is 5.65 Å². The van der Waals surface area contributed by atoms with Gasteiger partial charge < -0.3 is 5.32 Å². The zero-order valence-corrected chi connectivity index (χ0v) is 14.7. The minimum absolute atomic E-state index is 0.